The Morgan fingerprint density at radius 1 is 1.21 bits per heavy atom. The van der Waals surface area contributed by atoms with Crippen molar-refractivity contribution in [1.82, 2.24) is 4.90 Å². The number of halogens is 1. The van der Waals surface area contributed by atoms with Gasteiger partial charge >= 0.3 is 5.97 Å². The van der Waals surface area contributed by atoms with Crippen LogP contribution in [0.4, 0.5) is 0 Å². The summed E-state index contributed by atoms with van der Waals surface area (Å²) in [7, 11) is 0. The lowest BCUT2D eigenvalue weighted by atomic mass is 10.0. The summed E-state index contributed by atoms with van der Waals surface area (Å²) in [6, 6.07) is 6.12. The van der Waals surface area contributed by atoms with E-state index < -0.39 is 0 Å². The third-order valence-electron chi connectivity index (χ3n) is 4.26. The molecule has 1 aliphatic rings. The lowest BCUT2D eigenvalue weighted by molar-refractivity contribution is -0.146. The van der Waals surface area contributed by atoms with Gasteiger partial charge in [-0.15, -0.1) is 12.4 Å². The molecule has 1 aromatic rings. The summed E-state index contributed by atoms with van der Waals surface area (Å²) >= 11 is 0. The summed E-state index contributed by atoms with van der Waals surface area (Å²) in [6.45, 7) is 9.75. The van der Waals surface area contributed by atoms with Crippen molar-refractivity contribution in [2.24, 2.45) is 0 Å². The standard InChI is InChI=1S/C19H29NO3.ClH/c1-15(2)17-8-7-16(3)13-18(17)23-14-19(21)22-12-11-20-9-5-4-6-10-20;/h7-8,13,15H,4-6,9-12,14H2,1-3H3;1H. The van der Waals surface area contributed by atoms with E-state index in [1.807, 2.05) is 13.0 Å². The summed E-state index contributed by atoms with van der Waals surface area (Å²) < 4.78 is 11.0. The van der Waals surface area contributed by atoms with Crippen molar-refractivity contribution in [3.8, 4) is 5.75 Å². The van der Waals surface area contributed by atoms with E-state index in [1.54, 1.807) is 0 Å². The van der Waals surface area contributed by atoms with Crippen molar-refractivity contribution in [2.75, 3.05) is 32.8 Å². The molecule has 2 rings (SSSR count). The molecule has 0 unspecified atom stereocenters. The number of ether oxygens (including phenoxy) is 2. The fourth-order valence-corrected chi connectivity index (χ4v) is 2.89. The average molecular weight is 356 g/mol. The van der Waals surface area contributed by atoms with Crippen LogP contribution in [0.2, 0.25) is 0 Å². The molecule has 0 amide bonds. The number of carbonyl (C=O) groups is 1. The first-order valence-electron chi connectivity index (χ1n) is 8.67. The van der Waals surface area contributed by atoms with Crippen LogP contribution in [0.15, 0.2) is 18.2 Å². The number of piperidine rings is 1. The van der Waals surface area contributed by atoms with Gasteiger partial charge < -0.3 is 9.47 Å². The second-order valence-corrected chi connectivity index (χ2v) is 6.61. The minimum absolute atomic E-state index is 0. The minimum atomic E-state index is -0.293. The van der Waals surface area contributed by atoms with Crippen molar-refractivity contribution in [1.29, 1.82) is 0 Å². The fraction of sp³-hybridized carbons (Fsp3) is 0.632. The number of hydrogen-bond donors (Lipinski definition) is 0. The molecule has 0 aliphatic carbocycles. The molecule has 0 aromatic heterocycles. The molecule has 136 valence electrons. The van der Waals surface area contributed by atoms with Crippen molar-refractivity contribution < 1.29 is 14.3 Å². The van der Waals surface area contributed by atoms with Gasteiger partial charge in [-0.25, -0.2) is 4.79 Å². The van der Waals surface area contributed by atoms with E-state index in [-0.39, 0.29) is 25.0 Å². The topological polar surface area (TPSA) is 38.8 Å². The Morgan fingerprint density at radius 3 is 2.58 bits per heavy atom. The molecular formula is C19H30ClNO3. The van der Waals surface area contributed by atoms with Gasteiger partial charge in [0.15, 0.2) is 6.61 Å². The van der Waals surface area contributed by atoms with E-state index in [9.17, 15) is 4.79 Å². The van der Waals surface area contributed by atoms with Crippen LogP contribution in [-0.2, 0) is 9.53 Å². The van der Waals surface area contributed by atoms with E-state index in [0.717, 1.165) is 36.5 Å². The highest BCUT2D eigenvalue weighted by molar-refractivity contribution is 5.85. The maximum atomic E-state index is 11.9. The van der Waals surface area contributed by atoms with Crippen LogP contribution in [0.25, 0.3) is 0 Å². The first kappa shape index (κ1) is 20.8. The summed E-state index contributed by atoms with van der Waals surface area (Å²) in [6.07, 6.45) is 3.82. The molecule has 0 atom stereocenters. The smallest absolute Gasteiger partial charge is 0.344 e. The predicted octanol–water partition coefficient (Wildman–Crippen LogP) is 3.95. The van der Waals surface area contributed by atoms with Crippen molar-refractivity contribution >= 4 is 18.4 Å². The van der Waals surface area contributed by atoms with Crippen LogP contribution in [0.3, 0.4) is 0 Å². The van der Waals surface area contributed by atoms with Gasteiger partial charge in [-0.2, -0.15) is 0 Å². The molecular weight excluding hydrogens is 326 g/mol. The second kappa shape index (κ2) is 10.6. The molecule has 1 heterocycles. The maximum absolute atomic E-state index is 11.9. The number of benzene rings is 1. The van der Waals surface area contributed by atoms with E-state index in [4.69, 9.17) is 9.47 Å². The van der Waals surface area contributed by atoms with Gasteiger partial charge in [0.25, 0.3) is 0 Å². The first-order chi connectivity index (χ1) is 11.1. The highest BCUT2D eigenvalue weighted by Crippen LogP contribution is 2.27. The minimum Gasteiger partial charge on any atom is -0.482 e. The van der Waals surface area contributed by atoms with Crippen molar-refractivity contribution in [3.63, 3.8) is 0 Å². The van der Waals surface area contributed by atoms with Gasteiger partial charge in [-0.1, -0.05) is 32.4 Å². The van der Waals surface area contributed by atoms with Crippen LogP contribution in [-0.4, -0.2) is 43.7 Å². The number of carbonyl (C=O) groups excluding carboxylic acids is 1. The molecule has 0 radical (unpaired) electrons. The molecule has 24 heavy (non-hydrogen) atoms. The average Bonchev–Trinajstić information content (AvgIpc) is 2.53. The molecule has 4 nitrogen and oxygen atoms in total. The van der Waals surface area contributed by atoms with Crippen LogP contribution in [0.1, 0.15) is 50.2 Å². The molecule has 0 bridgehead atoms. The van der Waals surface area contributed by atoms with Gasteiger partial charge in [0, 0.05) is 6.54 Å². The fourth-order valence-electron chi connectivity index (χ4n) is 2.89. The Hall–Kier alpha value is -1.26. The SMILES string of the molecule is Cc1ccc(C(C)C)c(OCC(=O)OCCN2CCCCC2)c1.Cl. The molecule has 5 heteroatoms. The number of esters is 1. The summed E-state index contributed by atoms with van der Waals surface area (Å²) in [5.41, 5.74) is 2.25. The molecule has 0 saturated carbocycles. The normalized spacial score (nSPS) is 15.0. The molecule has 1 aromatic carbocycles. The van der Waals surface area contributed by atoms with E-state index >= 15 is 0 Å². The number of rotatable bonds is 7. The molecule has 1 fully saturated rings. The second-order valence-electron chi connectivity index (χ2n) is 6.61. The zero-order valence-corrected chi connectivity index (χ0v) is 15.9. The maximum Gasteiger partial charge on any atom is 0.344 e. The van der Waals surface area contributed by atoms with E-state index in [0.29, 0.717) is 12.5 Å². The van der Waals surface area contributed by atoms with Gasteiger partial charge in [0.2, 0.25) is 0 Å². The van der Waals surface area contributed by atoms with Crippen molar-refractivity contribution in [3.05, 3.63) is 29.3 Å². The summed E-state index contributed by atoms with van der Waals surface area (Å²) in [5.74, 6) is 0.854. The molecule has 0 spiro atoms. The quantitative estimate of drug-likeness (QED) is 0.694. The third kappa shape index (κ3) is 6.70. The first-order valence-corrected chi connectivity index (χ1v) is 8.67. The molecule has 1 aliphatic heterocycles. The van der Waals surface area contributed by atoms with Gasteiger partial charge in [-0.3, -0.25) is 4.90 Å². The highest BCUT2D eigenvalue weighted by atomic mass is 35.5. The Labute approximate surface area is 151 Å². The Morgan fingerprint density at radius 2 is 1.92 bits per heavy atom. The highest BCUT2D eigenvalue weighted by Gasteiger charge is 2.13. The van der Waals surface area contributed by atoms with Crippen LogP contribution in [0.5, 0.6) is 5.75 Å². The van der Waals surface area contributed by atoms with Crippen LogP contribution < -0.4 is 4.74 Å². The van der Waals surface area contributed by atoms with Crippen molar-refractivity contribution in [2.45, 2.75) is 46.0 Å². The Kier molecular flexibility index (Phi) is 9.16. The number of likely N-dealkylation sites (tertiary alicyclic amines) is 1. The van der Waals surface area contributed by atoms with E-state index in [2.05, 4.69) is 30.9 Å². The van der Waals surface area contributed by atoms with Gasteiger partial charge in [0.1, 0.15) is 12.4 Å². The van der Waals surface area contributed by atoms with Crippen LogP contribution >= 0.6 is 12.4 Å². The Balaban J connectivity index is 0.00000288. The monoisotopic (exact) mass is 355 g/mol. The zero-order chi connectivity index (χ0) is 16.7. The number of hydrogen-bond acceptors (Lipinski definition) is 4. The number of nitrogens with zero attached hydrogens (tertiary/aromatic N) is 1. The largest absolute Gasteiger partial charge is 0.482 e. The Bertz CT molecular complexity index is 513. The molecule has 0 N–H and O–H groups in total. The summed E-state index contributed by atoms with van der Waals surface area (Å²) in [5, 5.41) is 0. The van der Waals surface area contributed by atoms with Gasteiger partial charge in [0.05, 0.1) is 0 Å². The molecule has 1 saturated heterocycles. The zero-order valence-electron chi connectivity index (χ0n) is 15.0. The lowest BCUT2D eigenvalue weighted by Gasteiger charge is -2.25. The number of aryl methyl sites for hydroxylation is 1. The third-order valence-corrected chi connectivity index (χ3v) is 4.26. The predicted molar refractivity (Wildman–Crippen MR) is 99.3 cm³/mol. The lowest BCUT2D eigenvalue weighted by Crippen LogP contribution is -2.33. The summed E-state index contributed by atoms with van der Waals surface area (Å²) in [4.78, 5) is 14.2. The van der Waals surface area contributed by atoms with E-state index in [1.165, 1.54) is 19.3 Å². The van der Waals surface area contributed by atoms with Crippen LogP contribution in [0, 0.1) is 6.92 Å². The van der Waals surface area contributed by atoms with Gasteiger partial charge in [-0.05, 0) is 56.0 Å².